The van der Waals surface area contributed by atoms with E-state index in [9.17, 15) is 13.2 Å². The van der Waals surface area contributed by atoms with E-state index in [0.29, 0.717) is 11.4 Å². The molecule has 0 atom stereocenters. The van der Waals surface area contributed by atoms with E-state index in [-0.39, 0.29) is 17.6 Å². The van der Waals surface area contributed by atoms with Crippen molar-refractivity contribution >= 4 is 27.0 Å². The number of halogens is 4. The van der Waals surface area contributed by atoms with Gasteiger partial charge in [-0.3, -0.25) is 0 Å². The summed E-state index contributed by atoms with van der Waals surface area (Å²) in [5, 5.41) is 0. The predicted molar refractivity (Wildman–Crippen MR) is 86.3 cm³/mol. The van der Waals surface area contributed by atoms with E-state index < -0.39 is 11.7 Å². The second kappa shape index (κ2) is 5.67. The fourth-order valence-corrected chi connectivity index (χ4v) is 2.89. The Labute approximate surface area is 139 Å². The lowest BCUT2D eigenvalue weighted by atomic mass is 10.0. The normalized spacial score (nSPS) is 12.1. The summed E-state index contributed by atoms with van der Waals surface area (Å²) in [7, 11) is 0. The maximum atomic E-state index is 13.1. The highest BCUT2D eigenvalue weighted by molar-refractivity contribution is 9.10. The molecule has 0 unspecified atom stereocenters. The molecular formula is C17H13BrF3NO. The van der Waals surface area contributed by atoms with E-state index in [1.54, 1.807) is 6.92 Å². The van der Waals surface area contributed by atoms with Gasteiger partial charge >= 0.3 is 6.18 Å². The lowest BCUT2D eigenvalue weighted by molar-refractivity contribution is -0.138. The van der Waals surface area contributed by atoms with E-state index in [1.165, 1.54) is 6.07 Å². The van der Waals surface area contributed by atoms with Gasteiger partial charge in [0.25, 0.3) is 0 Å². The van der Waals surface area contributed by atoms with Crippen molar-refractivity contribution in [1.82, 2.24) is 4.98 Å². The van der Waals surface area contributed by atoms with Crippen LogP contribution >= 0.6 is 15.9 Å². The van der Waals surface area contributed by atoms with E-state index in [4.69, 9.17) is 4.42 Å². The monoisotopic (exact) mass is 383 g/mol. The number of benzene rings is 2. The van der Waals surface area contributed by atoms with Gasteiger partial charge in [-0.15, -0.1) is 0 Å². The van der Waals surface area contributed by atoms with Crippen LogP contribution in [-0.2, 0) is 12.6 Å². The average Bonchev–Trinajstić information content (AvgIpc) is 2.90. The number of oxazole rings is 1. The van der Waals surface area contributed by atoms with Gasteiger partial charge in [0, 0.05) is 10.0 Å². The highest BCUT2D eigenvalue weighted by Crippen LogP contribution is 2.37. The highest BCUT2D eigenvalue weighted by Gasteiger charge is 2.34. The topological polar surface area (TPSA) is 26.0 Å². The Balaban J connectivity index is 2.21. The Kier molecular flexibility index (Phi) is 3.96. The Morgan fingerprint density at radius 3 is 2.61 bits per heavy atom. The minimum absolute atomic E-state index is 0.143. The van der Waals surface area contributed by atoms with Crippen molar-refractivity contribution in [1.29, 1.82) is 0 Å². The Bertz CT molecular complexity index is 883. The van der Waals surface area contributed by atoms with Crippen molar-refractivity contribution in [3.05, 3.63) is 51.5 Å². The maximum absolute atomic E-state index is 13.1. The molecule has 0 aliphatic rings. The van der Waals surface area contributed by atoms with Crippen LogP contribution in [0.5, 0.6) is 0 Å². The molecule has 0 aliphatic carbocycles. The molecule has 3 rings (SSSR count). The van der Waals surface area contributed by atoms with Gasteiger partial charge in [0.15, 0.2) is 5.58 Å². The van der Waals surface area contributed by atoms with Gasteiger partial charge in [-0.05, 0) is 48.7 Å². The summed E-state index contributed by atoms with van der Waals surface area (Å²) in [4.78, 5) is 4.36. The summed E-state index contributed by atoms with van der Waals surface area (Å²) in [6.45, 7) is 3.59. The van der Waals surface area contributed by atoms with Crippen LogP contribution in [0.4, 0.5) is 13.2 Å². The Hall–Kier alpha value is -1.82. The molecule has 2 aromatic carbocycles. The zero-order valence-electron chi connectivity index (χ0n) is 12.5. The number of nitrogens with zero attached hydrogens (tertiary/aromatic N) is 1. The number of alkyl halides is 3. The fourth-order valence-electron chi connectivity index (χ4n) is 2.53. The molecule has 1 aromatic heterocycles. The molecule has 0 bridgehead atoms. The number of aryl methyl sites for hydroxylation is 1. The van der Waals surface area contributed by atoms with Crippen LogP contribution < -0.4 is 0 Å². The van der Waals surface area contributed by atoms with Crippen molar-refractivity contribution < 1.29 is 17.6 Å². The second-order valence-corrected chi connectivity index (χ2v) is 6.11. The minimum Gasteiger partial charge on any atom is -0.436 e. The number of aromatic nitrogens is 1. The van der Waals surface area contributed by atoms with Gasteiger partial charge in [0.2, 0.25) is 5.89 Å². The predicted octanol–water partition coefficient (Wildman–Crippen LogP) is 6.15. The molecule has 0 spiro atoms. The van der Waals surface area contributed by atoms with Crippen molar-refractivity contribution in [2.45, 2.75) is 26.4 Å². The van der Waals surface area contributed by atoms with Crippen LogP contribution in [0.15, 0.2) is 39.2 Å². The van der Waals surface area contributed by atoms with Crippen LogP contribution in [0.2, 0.25) is 0 Å². The molecule has 6 heteroatoms. The van der Waals surface area contributed by atoms with Gasteiger partial charge in [-0.2, -0.15) is 13.2 Å². The van der Waals surface area contributed by atoms with Gasteiger partial charge in [0.05, 0.1) is 5.56 Å². The Morgan fingerprint density at radius 1 is 1.22 bits per heavy atom. The van der Waals surface area contributed by atoms with E-state index >= 15 is 0 Å². The lowest BCUT2D eigenvalue weighted by Gasteiger charge is -2.10. The first-order chi connectivity index (χ1) is 10.8. The minimum atomic E-state index is -4.40. The van der Waals surface area contributed by atoms with E-state index in [2.05, 4.69) is 20.9 Å². The number of rotatable bonds is 2. The van der Waals surface area contributed by atoms with Crippen LogP contribution in [0, 0.1) is 6.92 Å². The summed E-state index contributed by atoms with van der Waals surface area (Å²) in [6.07, 6.45) is -4.12. The first-order valence-corrected chi connectivity index (χ1v) is 7.86. The van der Waals surface area contributed by atoms with E-state index in [1.807, 2.05) is 25.1 Å². The van der Waals surface area contributed by atoms with Crippen molar-refractivity contribution in [2.75, 3.05) is 0 Å². The zero-order valence-corrected chi connectivity index (χ0v) is 14.0. The molecule has 0 fully saturated rings. The molecule has 1 heterocycles. The second-order valence-electron chi connectivity index (χ2n) is 5.26. The van der Waals surface area contributed by atoms with E-state index in [0.717, 1.165) is 21.7 Å². The standard InChI is InChI=1S/C17H13BrF3NO/c1-3-10-7-14-15(8-12(10)17(19,20)21)23-16(22-14)11-5-4-6-13(18)9(11)2/h4-8H,3H2,1-2H3. The summed E-state index contributed by atoms with van der Waals surface area (Å²) >= 11 is 3.43. The third-order valence-electron chi connectivity index (χ3n) is 3.80. The lowest BCUT2D eigenvalue weighted by Crippen LogP contribution is -2.08. The number of hydrogen-bond donors (Lipinski definition) is 0. The number of fused-ring (bicyclic) bond motifs is 1. The first kappa shape index (κ1) is 16.1. The molecule has 2 nitrogen and oxygen atoms in total. The third-order valence-corrected chi connectivity index (χ3v) is 4.66. The molecule has 0 amide bonds. The molecule has 0 N–H and O–H groups in total. The summed E-state index contributed by atoms with van der Waals surface area (Å²) < 4.78 is 45.9. The van der Waals surface area contributed by atoms with Crippen LogP contribution in [0.1, 0.15) is 23.6 Å². The SMILES string of the molecule is CCc1cc2nc(-c3cccc(Br)c3C)oc2cc1C(F)(F)F. The summed E-state index contributed by atoms with van der Waals surface area (Å²) in [5.74, 6) is 0.320. The molecule has 0 radical (unpaired) electrons. The quantitative estimate of drug-likeness (QED) is 0.530. The molecule has 3 aromatic rings. The molecule has 120 valence electrons. The van der Waals surface area contributed by atoms with Crippen LogP contribution in [0.3, 0.4) is 0 Å². The highest BCUT2D eigenvalue weighted by atomic mass is 79.9. The van der Waals surface area contributed by atoms with Crippen LogP contribution in [0.25, 0.3) is 22.6 Å². The first-order valence-electron chi connectivity index (χ1n) is 7.07. The van der Waals surface area contributed by atoms with Gasteiger partial charge in [-0.25, -0.2) is 4.98 Å². The van der Waals surface area contributed by atoms with Crippen molar-refractivity contribution in [2.24, 2.45) is 0 Å². The van der Waals surface area contributed by atoms with Gasteiger partial charge in [0.1, 0.15) is 5.52 Å². The smallest absolute Gasteiger partial charge is 0.416 e. The number of hydrogen-bond acceptors (Lipinski definition) is 2. The van der Waals surface area contributed by atoms with Gasteiger partial charge in [-0.1, -0.05) is 28.9 Å². The van der Waals surface area contributed by atoms with Crippen molar-refractivity contribution in [3.63, 3.8) is 0 Å². The van der Waals surface area contributed by atoms with Crippen molar-refractivity contribution in [3.8, 4) is 11.5 Å². The summed E-state index contributed by atoms with van der Waals surface area (Å²) in [5.41, 5.74) is 1.80. The molecular weight excluding hydrogens is 371 g/mol. The summed E-state index contributed by atoms with van der Waals surface area (Å²) in [6, 6.07) is 8.05. The Morgan fingerprint density at radius 2 is 1.96 bits per heavy atom. The molecule has 23 heavy (non-hydrogen) atoms. The largest absolute Gasteiger partial charge is 0.436 e. The average molecular weight is 384 g/mol. The zero-order chi connectivity index (χ0) is 16.8. The molecule has 0 saturated heterocycles. The fraction of sp³-hybridized carbons (Fsp3) is 0.235. The van der Waals surface area contributed by atoms with Gasteiger partial charge < -0.3 is 4.42 Å². The third kappa shape index (κ3) is 2.87. The molecule has 0 aliphatic heterocycles. The van der Waals surface area contributed by atoms with Crippen LogP contribution in [-0.4, -0.2) is 4.98 Å². The molecule has 0 saturated carbocycles. The maximum Gasteiger partial charge on any atom is 0.416 e.